The van der Waals surface area contributed by atoms with Crippen molar-refractivity contribution in [2.24, 2.45) is 11.8 Å². The molecule has 0 aromatic carbocycles. The van der Waals surface area contributed by atoms with Gasteiger partial charge in [-0.3, -0.25) is 4.79 Å². The van der Waals surface area contributed by atoms with Crippen LogP contribution in [0.25, 0.3) is 0 Å². The fraction of sp³-hybridized carbons (Fsp3) is 0.733. The smallest absolute Gasteiger partial charge is 0.410 e. The Balaban J connectivity index is 2.70. The average Bonchev–Trinajstić information content (AvgIpc) is 2.33. The molecule has 1 heterocycles. The topological polar surface area (TPSA) is 66.8 Å². The Hall–Kier alpha value is -1.52. The second-order valence-corrected chi connectivity index (χ2v) is 6.22. The minimum absolute atomic E-state index is 0.0510. The van der Waals surface area contributed by atoms with E-state index in [9.17, 15) is 14.7 Å². The second-order valence-electron chi connectivity index (χ2n) is 6.22. The van der Waals surface area contributed by atoms with Gasteiger partial charge in [-0.25, -0.2) is 4.79 Å². The Kier molecular flexibility index (Phi) is 5.60. The number of carbonyl (C=O) groups is 2. The van der Waals surface area contributed by atoms with Gasteiger partial charge in [-0.05, 0) is 46.5 Å². The number of allylic oxidation sites excluding steroid dienone is 2. The van der Waals surface area contributed by atoms with Gasteiger partial charge in [0.25, 0.3) is 0 Å². The highest BCUT2D eigenvalue weighted by atomic mass is 16.6. The number of hydrogen-bond donors (Lipinski definition) is 1. The molecule has 0 saturated carbocycles. The van der Waals surface area contributed by atoms with Crippen molar-refractivity contribution < 1.29 is 19.4 Å². The largest absolute Gasteiger partial charge is 0.481 e. The van der Waals surface area contributed by atoms with Crippen LogP contribution >= 0.6 is 0 Å². The monoisotopic (exact) mass is 283 g/mol. The molecule has 0 radical (unpaired) electrons. The first-order chi connectivity index (χ1) is 9.24. The van der Waals surface area contributed by atoms with E-state index >= 15 is 0 Å². The third kappa shape index (κ3) is 4.87. The van der Waals surface area contributed by atoms with Gasteiger partial charge < -0.3 is 14.7 Å². The molecule has 0 aromatic rings. The minimum Gasteiger partial charge on any atom is -0.481 e. The van der Waals surface area contributed by atoms with E-state index in [-0.39, 0.29) is 17.9 Å². The maximum Gasteiger partial charge on any atom is 0.410 e. The lowest BCUT2D eigenvalue weighted by atomic mass is 9.83. The van der Waals surface area contributed by atoms with Crippen molar-refractivity contribution in [3.63, 3.8) is 0 Å². The number of piperidine rings is 1. The van der Waals surface area contributed by atoms with Crippen molar-refractivity contribution in [3.05, 3.63) is 12.2 Å². The summed E-state index contributed by atoms with van der Waals surface area (Å²) in [4.78, 5) is 24.9. The zero-order valence-corrected chi connectivity index (χ0v) is 12.8. The zero-order valence-electron chi connectivity index (χ0n) is 12.8. The molecule has 1 fully saturated rings. The number of carbonyl (C=O) groups excluding carboxylic acids is 1. The molecule has 1 rings (SSSR count). The molecule has 1 aliphatic rings. The minimum atomic E-state index is -0.775. The van der Waals surface area contributed by atoms with Crippen molar-refractivity contribution in [2.45, 2.75) is 46.1 Å². The molecule has 1 N–H and O–H groups in total. The van der Waals surface area contributed by atoms with Crippen molar-refractivity contribution in [1.82, 2.24) is 4.90 Å². The number of hydrogen-bond acceptors (Lipinski definition) is 3. The number of amides is 1. The molecule has 0 aromatic heterocycles. The lowest BCUT2D eigenvalue weighted by molar-refractivity contribution is -0.145. The van der Waals surface area contributed by atoms with Gasteiger partial charge in [0.1, 0.15) is 5.60 Å². The second kappa shape index (κ2) is 6.77. The fourth-order valence-electron chi connectivity index (χ4n) is 2.40. The van der Waals surface area contributed by atoms with Gasteiger partial charge in [0.15, 0.2) is 0 Å². The summed E-state index contributed by atoms with van der Waals surface area (Å²) in [5.41, 5.74) is -0.528. The number of likely N-dealkylation sites (tertiary alicyclic amines) is 1. The fourth-order valence-corrected chi connectivity index (χ4v) is 2.40. The first kappa shape index (κ1) is 16.5. The Labute approximate surface area is 120 Å². The molecule has 0 spiro atoms. The maximum atomic E-state index is 12.0. The van der Waals surface area contributed by atoms with Crippen LogP contribution in [0.4, 0.5) is 4.79 Å². The highest BCUT2D eigenvalue weighted by Gasteiger charge is 2.36. The van der Waals surface area contributed by atoms with Crippen LogP contribution in [0.15, 0.2) is 12.2 Å². The number of carboxylic acids is 1. The quantitative estimate of drug-likeness (QED) is 0.809. The number of aliphatic carboxylic acids is 1. The molecule has 5 heteroatoms. The van der Waals surface area contributed by atoms with Crippen molar-refractivity contribution in [1.29, 1.82) is 0 Å². The molecule has 2 unspecified atom stereocenters. The lowest BCUT2D eigenvalue weighted by Crippen LogP contribution is -2.47. The summed E-state index contributed by atoms with van der Waals surface area (Å²) in [6, 6.07) is 0. The van der Waals surface area contributed by atoms with Crippen LogP contribution in [-0.2, 0) is 9.53 Å². The van der Waals surface area contributed by atoms with Gasteiger partial charge in [0, 0.05) is 13.1 Å². The molecule has 20 heavy (non-hydrogen) atoms. The van der Waals surface area contributed by atoms with Crippen molar-refractivity contribution >= 4 is 12.1 Å². The predicted octanol–water partition coefficient (Wildman–Crippen LogP) is 2.91. The average molecular weight is 283 g/mol. The number of nitrogens with zero attached hydrogens (tertiary/aromatic N) is 1. The Bertz CT molecular complexity index is 384. The Morgan fingerprint density at radius 2 is 2.05 bits per heavy atom. The number of rotatable bonds is 3. The van der Waals surface area contributed by atoms with Gasteiger partial charge in [-0.1, -0.05) is 12.2 Å². The molecular formula is C15H25NO4. The normalized spacial score (nSPS) is 23.9. The molecule has 0 bridgehead atoms. The van der Waals surface area contributed by atoms with Gasteiger partial charge >= 0.3 is 12.1 Å². The van der Waals surface area contributed by atoms with Crippen LogP contribution in [-0.4, -0.2) is 40.8 Å². The molecule has 0 aliphatic carbocycles. The molecule has 2 atom stereocenters. The first-order valence-corrected chi connectivity index (χ1v) is 7.06. The van der Waals surface area contributed by atoms with E-state index in [1.165, 1.54) is 0 Å². The van der Waals surface area contributed by atoms with Crippen LogP contribution in [0.1, 0.15) is 40.5 Å². The van der Waals surface area contributed by atoms with Crippen molar-refractivity contribution in [3.8, 4) is 0 Å². The predicted molar refractivity (Wildman–Crippen MR) is 76.5 cm³/mol. The summed E-state index contributed by atoms with van der Waals surface area (Å²) in [7, 11) is 0. The Morgan fingerprint density at radius 1 is 1.40 bits per heavy atom. The zero-order chi connectivity index (χ0) is 15.3. The summed E-state index contributed by atoms with van der Waals surface area (Å²) < 4.78 is 5.35. The van der Waals surface area contributed by atoms with Gasteiger partial charge in [-0.15, -0.1) is 0 Å². The highest BCUT2D eigenvalue weighted by Crippen LogP contribution is 2.28. The third-order valence-electron chi connectivity index (χ3n) is 3.38. The molecule has 1 aliphatic heterocycles. The standard InChI is InChI=1S/C15H25NO4/c1-5-6-7-11-10-16(9-8-12(11)13(17)18)14(19)20-15(2,3)4/h5-6,11-12H,7-10H2,1-4H3,(H,17,18)/b6-5+. The SMILES string of the molecule is C/C=C/CC1CN(C(=O)OC(C)(C)C)CCC1C(=O)O. The van der Waals surface area contributed by atoms with Crippen LogP contribution in [0.2, 0.25) is 0 Å². The molecule has 1 amide bonds. The van der Waals surface area contributed by atoms with E-state index in [0.29, 0.717) is 25.9 Å². The summed E-state index contributed by atoms with van der Waals surface area (Å²) in [6.45, 7) is 8.27. The van der Waals surface area contributed by atoms with Crippen LogP contribution in [0.3, 0.4) is 0 Å². The van der Waals surface area contributed by atoms with Crippen molar-refractivity contribution in [2.75, 3.05) is 13.1 Å². The van der Waals surface area contributed by atoms with Gasteiger partial charge in [-0.2, -0.15) is 0 Å². The molecule has 5 nitrogen and oxygen atoms in total. The van der Waals surface area contributed by atoms with E-state index in [1.54, 1.807) is 4.90 Å². The van der Waals surface area contributed by atoms with E-state index in [4.69, 9.17) is 4.74 Å². The number of carboxylic acid groups (broad SMARTS) is 1. The highest BCUT2D eigenvalue weighted by molar-refractivity contribution is 5.72. The van der Waals surface area contributed by atoms with E-state index in [0.717, 1.165) is 0 Å². The summed E-state index contributed by atoms with van der Waals surface area (Å²) >= 11 is 0. The van der Waals surface area contributed by atoms with Crippen LogP contribution in [0, 0.1) is 11.8 Å². The number of ether oxygens (including phenoxy) is 1. The molecule has 114 valence electrons. The van der Waals surface area contributed by atoms with E-state index in [1.807, 2.05) is 39.8 Å². The van der Waals surface area contributed by atoms with Gasteiger partial charge in [0.2, 0.25) is 0 Å². The first-order valence-electron chi connectivity index (χ1n) is 7.06. The van der Waals surface area contributed by atoms with E-state index in [2.05, 4.69) is 0 Å². The third-order valence-corrected chi connectivity index (χ3v) is 3.38. The Morgan fingerprint density at radius 3 is 2.55 bits per heavy atom. The molecular weight excluding hydrogens is 258 g/mol. The summed E-state index contributed by atoms with van der Waals surface area (Å²) in [6.07, 6.45) is 4.67. The summed E-state index contributed by atoms with van der Waals surface area (Å²) in [5, 5.41) is 9.26. The summed E-state index contributed by atoms with van der Waals surface area (Å²) in [5.74, 6) is -1.21. The van der Waals surface area contributed by atoms with Gasteiger partial charge in [0.05, 0.1) is 5.92 Å². The lowest BCUT2D eigenvalue weighted by Gasteiger charge is -2.37. The van der Waals surface area contributed by atoms with E-state index < -0.39 is 11.6 Å². The van der Waals surface area contributed by atoms with Crippen LogP contribution in [0.5, 0.6) is 0 Å². The van der Waals surface area contributed by atoms with Crippen LogP contribution < -0.4 is 0 Å². The molecule has 1 saturated heterocycles. The maximum absolute atomic E-state index is 12.0.